The highest BCUT2D eigenvalue weighted by Crippen LogP contribution is 2.43. The molecule has 0 saturated heterocycles. The van der Waals surface area contributed by atoms with Crippen molar-refractivity contribution in [3.8, 4) is 11.5 Å². The highest BCUT2D eigenvalue weighted by molar-refractivity contribution is 6.35. The molecule has 12 nitrogen and oxygen atoms in total. The summed E-state index contributed by atoms with van der Waals surface area (Å²) in [7, 11) is 6.92. The Balaban J connectivity index is 1.54. The predicted molar refractivity (Wildman–Crippen MR) is 177 cm³/mol. The number of ether oxygens (including phenoxy) is 2. The van der Waals surface area contributed by atoms with E-state index in [-0.39, 0.29) is 35.8 Å². The van der Waals surface area contributed by atoms with Crippen LogP contribution in [0.3, 0.4) is 0 Å². The van der Waals surface area contributed by atoms with Crippen molar-refractivity contribution in [3.63, 3.8) is 0 Å². The lowest BCUT2D eigenvalue weighted by molar-refractivity contribution is -0.114. The van der Waals surface area contributed by atoms with Crippen LogP contribution in [0.15, 0.2) is 73.3 Å². The third kappa shape index (κ3) is 7.24. The third-order valence-corrected chi connectivity index (χ3v) is 7.75. The molecule has 4 aromatic rings. The van der Waals surface area contributed by atoms with Crippen LogP contribution in [0.25, 0.3) is 0 Å². The molecule has 1 aliphatic rings. The number of nitrogens with zero attached hydrogens (tertiary/aromatic N) is 7. The predicted octanol–water partition coefficient (Wildman–Crippen LogP) is 5.62. The molecule has 0 spiro atoms. The van der Waals surface area contributed by atoms with E-state index in [2.05, 4.69) is 20.3 Å². The number of methoxy groups -OCH3 is 2. The molecule has 46 heavy (non-hydrogen) atoms. The van der Waals surface area contributed by atoms with Crippen LogP contribution in [0.4, 0.5) is 28.1 Å². The minimum absolute atomic E-state index is 0.00739. The summed E-state index contributed by atoms with van der Waals surface area (Å²) in [5, 5.41) is 3.34. The van der Waals surface area contributed by atoms with E-state index in [1.807, 2.05) is 56.3 Å². The molecule has 2 aromatic carbocycles. The maximum Gasteiger partial charge on any atom is 0.331 e. The normalized spacial score (nSPS) is 13.6. The third-order valence-electron chi connectivity index (χ3n) is 7.37. The molecule has 2 aromatic heterocycles. The monoisotopic (exact) mass is 642 g/mol. The van der Waals surface area contributed by atoms with Crippen LogP contribution in [0.5, 0.6) is 11.5 Å². The molecular weight excluding hydrogens is 608 g/mol. The number of carbonyl (C=O) groups is 2. The van der Waals surface area contributed by atoms with Crippen LogP contribution < -0.4 is 24.6 Å². The zero-order valence-corrected chi connectivity index (χ0v) is 27.0. The Bertz CT molecular complexity index is 1750. The number of hydrogen-bond acceptors (Lipinski definition) is 10. The first kappa shape index (κ1) is 32.3. The summed E-state index contributed by atoms with van der Waals surface area (Å²) < 4.78 is 11.0. The molecule has 5 rings (SSSR count). The fraction of sp³-hybridized carbons (Fsp3) is 0.273. The summed E-state index contributed by atoms with van der Waals surface area (Å²) in [5.41, 5.74) is 2.76. The number of allylic oxidation sites excluding steroid dienone is 1. The van der Waals surface area contributed by atoms with E-state index in [0.29, 0.717) is 40.9 Å². The number of benzene rings is 2. The lowest BCUT2D eigenvalue weighted by Gasteiger charge is -2.39. The second kappa shape index (κ2) is 14.4. The Kier molecular flexibility index (Phi) is 10.1. The van der Waals surface area contributed by atoms with Gasteiger partial charge >= 0.3 is 6.03 Å². The average molecular weight is 643 g/mol. The SMILES string of the molecule is COc1cc(OC)c(Cl)c(N2Cc3cnc(Nc4ccncn4)nc3N(C(C)c3cccc(CC(=O)/C=C/CN(C)C)c3)C2=O)c1. The van der Waals surface area contributed by atoms with Gasteiger partial charge in [-0.2, -0.15) is 4.98 Å². The second-order valence-corrected chi connectivity index (χ2v) is 11.3. The van der Waals surface area contributed by atoms with Gasteiger partial charge in [0.25, 0.3) is 0 Å². The lowest BCUT2D eigenvalue weighted by Crippen LogP contribution is -2.49. The van der Waals surface area contributed by atoms with Gasteiger partial charge in [0.1, 0.15) is 34.5 Å². The molecule has 0 saturated carbocycles. The Morgan fingerprint density at radius 2 is 1.98 bits per heavy atom. The number of aromatic nitrogens is 4. The van der Waals surface area contributed by atoms with Gasteiger partial charge in [0.05, 0.1) is 32.5 Å². The average Bonchev–Trinajstić information content (AvgIpc) is 3.05. The number of fused-ring (bicyclic) bond motifs is 1. The molecule has 2 amide bonds. The molecule has 13 heteroatoms. The smallest absolute Gasteiger partial charge is 0.331 e. The van der Waals surface area contributed by atoms with E-state index < -0.39 is 6.04 Å². The molecule has 1 unspecified atom stereocenters. The van der Waals surface area contributed by atoms with Gasteiger partial charge in [0.2, 0.25) is 5.95 Å². The number of amides is 2. The molecule has 0 radical (unpaired) electrons. The highest BCUT2D eigenvalue weighted by Gasteiger charge is 2.38. The number of urea groups is 1. The molecule has 0 aliphatic carbocycles. The van der Waals surface area contributed by atoms with Crippen molar-refractivity contribution in [2.75, 3.05) is 50.0 Å². The van der Waals surface area contributed by atoms with Crippen molar-refractivity contribution >= 4 is 46.7 Å². The van der Waals surface area contributed by atoms with Gasteiger partial charge in [-0.25, -0.2) is 19.7 Å². The molecule has 3 heterocycles. The number of rotatable bonds is 12. The number of halogens is 1. The van der Waals surface area contributed by atoms with E-state index >= 15 is 0 Å². The molecule has 238 valence electrons. The molecule has 1 aliphatic heterocycles. The van der Waals surface area contributed by atoms with Crippen molar-refractivity contribution in [3.05, 3.63) is 95.1 Å². The lowest BCUT2D eigenvalue weighted by atomic mass is 10.00. The topological polar surface area (TPSA) is 126 Å². The summed E-state index contributed by atoms with van der Waals surface area (Å²) in [4.78, 5) is 49.7. The van der Waals surface area contributed by atoms with Crippen LogP contribution >= 0.6 is 11.6 Å². The summed E-state index contributed by atoms with van der Waals surface area (Å²) in [6, 6.07) is 11.8. The Labute approximate surface area is 272 Å². The summed E-state index contributed by atoms with van der Waals surface area (Å²) in [6.07, 6.45) is 8.37. The Morgan fingerprint density at radius 3 is 2.70 bits per heavy atom. The zero-order chi connectivity index (χ0) is 32.8. The van der Waals surface area contributed by atoms with Crippen molar-refractivity contribution in [1.29, 1.82) is 0 Å². The Hall–Kier alpha value is -5.07. The van der Waals surface area contributed by atoms with Crippen molar-refractivity contribution in [2.45, 2.75) is 25.9 Å². The van der Waals surface area contributed by atoms with Crippen LogP contribution in [0.2, 0.25) is 5.02 Å². The quantitative estimate of drug-likeness (QED) is 0.195. The van der Waals surface area contributed by atoms with Crippen LogP contribution in [0.1, 0.15) is 29.7 Å². The summed E-state index contributed by atoms with van der Waals surface area (Å²) in [5.74, 6) is 2.04. The Morgan fingerprint density at radius 1 is 1.15 bits per heavy atom. The first-order chi connectivity index (χ1) is 22.2. The minimum Gasteiger partial charge on any atom is -0.497 e. The van der Waals surface area contributed by atoms with E-state index in [4.69, 9.17) is 26.1 Å². The largest absolute Gasteiger partial charge is 0.497 e. The van der Waals surface area contributed by atoms with E-state index in [1.165, 1.54) is 20.5 Å². The van der Waals surface area contributed by atoms with Gasteiger partial charge in [-0.15, -0.1) is 0 Å². The number of ketones is 1. The summed E-state index contributed by atoms with van der Waals surface area (Å²) >= 11 is 6.76. The second-order valence-electron chi connectivity index (χ2n) is 10.9. The number of hydrogen-bond donors (Lipinski definition) is 1. The highest BCUT2D eigenvalue weighted by atomic mass is 35.5. The number of likely N-dealkylation sites (N-methyl/N-ethyl adjacent to an activating group) is 1. The fourth-order valence-corrected chi connectivity index (χ4v) is 5.33. The van der Waals surface area contributed by atoms with Gasteiger partial charge in [-0.05, 0) is 44.3 Å². The maximum absolute atomic E-state index is 14.5. The van der Waals surface area contributed by atoms with Gasteiger partial charge in [0, 0.05) is 43.1 Å². The van der Waals surface area contributed by atoms with Crippen molar-refractivity contribution < 1.29 is 19.1 Å². The van der Waals surface area contributed by atoms with Crippen molar-refractivity contribution in [2.24, 2.45) is 0 Å². The van der Waals surface area contributed by atoms with E-state index in [9.17, 15) is 9.59 Å². The first-order valence-electron chi connectivity index (χ1n) is 14.5. The molecule has 1 atom stereocenters. The number of carbonyl (C=O) groups excluding carboxylic acids is 2. The van der Waals surface area contributed by atoms with Crippen LogP contribution in [-0.2, 0) is 17.8 Å². The van der Waals surface area contributed by atoms with Crippen molar-refractivity contribution in [1.82, 2.24) is 24.8 Å². The molecule has 0 fully saturated rings. The minimum atomic E-state index is -0.499. The number of nitrogens with one attached hydrogen (secondary N) is 1. The van der Waals surface area contributed by atoms with Crippen LogP contribution in [-0.4, -0.2) is 71.5 Å². The van der Waals surface area contributed by atoms with Gasteiger partial charge in [-0.3, -0.25) is 14.6 Å². The number of anilines is 4. The van der Waals surface area contributed by atoms with Gasteiger partial charge in [0.15, 0.2) is 5.78 Å². The summed E-state index contributed by atoms with van der Waals surface area (Å²) in [6.45, 7) is 2.74. The van der Waals surface area contributed by atoms with Crippen LogP contribution in [0, 0.1) is 0 Å². The van der Waals surface area contributed by atoms with Gasteiger partial charge < -0.3 is 19.7 Å². The molecule has 1 N–H and O–H groups in total. The van der Waals surface area contributed by atoms with E-state index in [0.717, 1.165) is 11.1 Å². The first-order valence-corrected chi connectivity index (χ1v) is 14.9. The maximum atomic E-state index is 14.5. The molecule has 0 bridgehead atoms. The van der Waals surface area contributed by atoms with E-state index in [1.54, 1.807) is 46.5 Å². The molecular formula is C33H35ClN8O4. The zero-order valence-electron chi connectivity index (χ0n) is 26.3. The fourth-order valence-electron chi connectivity index (χ4n) is 5.04. The standard InChI is InChI=1S/C33H35ClN8O4/c1-21(23-9-6-8-22(14-23)15-25(43)10-7-13-40(2)3)42-31-24(18-36-32(39-31)38-29-11-12-35-20-37-29)19-41(33(42)44)27-16-26(45-4)17-28(46-5)30(27)34/h6-12,14,16-18,20-21H,13,15,19H2,1-5H3,(H,35,36,37,38,39)/b10-7+. The van der Waals surface area contributed by atoms with Gasteiger partial charge in [-0.1, -0.05) is 41.9 Å².